The molecule has 2 fully saturated rings. The summed E-state index contributed by atoms with van der Waals surface area (Å²) in [6.07, 6.45) is 1.46. The van der Waals surface area contributed by atoms with Crippen LogP contribution in [0.4, 0.5) is 0 Å². The molecule has 0 radical (unpaired) electrons. The molecule has 1 unspecified atom stereocenters. The third-order valence-electron chi connectivity index (χ3n) is 5.17. The second kappa shape index (κ2) is 9.51. The van der Waals surface area contributed by atoms with Gasteiger partial charge in [-0.1, -0.05) is 29.5 Å². The molecule has 2 aliphatic heterocycles. The molecule has 0 spiro atoms. The van der Waals surface area contributed by atoms with Gasteiger partial charge in [-0.3, -0.25) is 14.5 Å². The topological polar surface area (TPSA) is 97.6 Å². The first-order valence-electron chi connectivity index (χ1n) is 9.63. The van der Waals surface area contributed by atoms with Crippen molar-refractivity contribution in [1.29, 1.82) is 0 Å². The van der Waals surface area contributed by atoms with Crippen molar-refractivity contribution in [3.05, 3.63) is 34.4 Å². The number of thioether (sulfide) groups is 1. The van der Waals surface area contributed by atoms with E-state index < -0.39 is 11.2 Å². The fraction of sp³-hybridized carbons (Fsp3) is 0.500. The van der Waals surface area contributed by atoms with Gasteiger partial charge in [0.2, 0.25) is 5.91 Å². The summed E-state index contributed by atoms with van der Waals surface area (Å²) in [5, 5.41) is 19.3. The molecule has 2 N–H and O–H groups in total. The van der Waals surface area contributed by atoms with Gasteiger partial charge in [-0.2, -0.15) is 5.10 Å². The number of likely N-dealkylation sites (N-methyl/N-ethyl adjacent to an activating group) is 1. The van der Waals surface area contributed by atoms with E-state index in [1.54, 1.807) is 6.21 Å². The third-order valence-corrected chi connectivity index (χ3v) is 6.24. The molecule has 0 aromatic heterocycles. The lowest BCUT2D eigenvalue weighted by Gasteiger charge is -2.32. The van der Waals surface area contributed by atoms with Crippen LogP contribution in [0.2, 0.25) is 0 Å². The highest BCUT2D eigenvalue weighted by molar-refractivity contribution is 8.15. The molecule has 2 aliphatic rings. The number of amidine groups is 1. The highest BCUT2D eigenvalue weighted by Gasteiger charge is 2.32. The van der Waals surface area contributed by atoms with Crippen LogP contribution in [0.5, 0.6) is 0 Å². The average molecular weight is 418 g/mol. The largest absolute Gasteiger partial charge is 0.481 e. The Morgan fingerprint density at radius 3 is 2.72 bits per heavy atom. The maximum absolute atomic E-state index is 11.8. The first-order chi connectivity index (χ1) is 13.8. The lowest BCUT2D eigenvalue weighted by molar-refractivity contribution is -0.138. The number of carbonyl (C=O) groups excluding carboxylic acids is 1. The summed E-state index contributed by atoms with van der Waals surface area (Å²) < 4.78 is 0. The number of aryl methyl sites for hydroxylation is 1. The Hall–Kier alpha value is -2.23. The van der Waals surface area contributed by atoms with Crippen molar-refractivity contribution in [3.8, 4) is 0 Å². The summed E-state index contributed by atoms with van der Waals surface area (Å²) in [7, 11) is 2.15. The molecule has 156 valence electrons. The minimum absolute atomic E-state index is 0.230. The maximum atomic E-state index is 11.8. The first kappa shape index (κ1) is 21.5. The van der Waals surface area contributed by atoms with E-state index in [-0.39, 0.29) is 12.3 Å². The molecular weight excluding hydrogens is 390 g/mol. The zero-order valence-corrected chi connectivity index (χ0v) is 17.8. The van der Waals surface area contributed by atoms with Crippen LogP contribution in [-0.4, -0.2) is 76.6 Å². The van der Waals surface area contributed by atoms with Gasteiger partial charge in [0.25, 0.3) is 0 Å². The van der Waals surface area contributed by atoms with Crippen LogP contribution >= 0.6 is 11.8 Å². The monoisotopic (exact) mass is 417 g/mol. The molecule has 2 saturated heterocycles. The molecule has 1 atom stereocenters. The summed E-state index contributed by atoms with van der Waals surface area (Å²) in [4.78, 5) is 27.4. The molecule has 0 aliphatic carbocycles. The minimum Gasteiger partial charge on any atom is -0.481 e. The van der Waals surface area contributed by atoms with Gasteiger partial charge in [-0.15, -0.1) is 5.10 Å². The molecule has 0 saturated carbocycles. The molecule has 0 bridgehead atoms. The Morgan fingerprint density at radius 2 is 2.03 bits per heavy atom. The number of benzene rings is 1. The average Bonchev–Trinajstić information content (AvgIpc) is 2.99. The van der Waals surface area contributed by atoms with Crippen molar-refractivity contribution >= 4 is 35.0 Å². The fourth-order valence-electron chi connectivity index (χ4n) is 3.40. The number of hydrogen-bond donors (Lipinski definition) is 2. The van der Waals surface area contributed by atoms with E-state index in [0.717, 1.165) is 50.0 Å². The standard InChI is InChI=1S/C20H27N5O3S/c1-13-8-15(11-21-23-20-22-19(28)17(29-20)10-18(26)27)14(2)16(9-13)12-25-6-4-24(3)5-7-25/h8-9,11,17H,4-7,10,12H2,1-3H3,(H,26,27)(H,22,23,28). The van der Waals surface area contributed by atoms with Crippen LogP contribution in [0.25, 0.3) is 0 Å². The molecule has 3 rings (SSSR count). The van der Waals surface area contributed by atoms with Crippen molar-refractivity contribution in [2.45, 2.75) is 32.1 Å². The lowest BCUT2D eigenvalue weighted by Crippen LogP contribution is -2.44. The maximum Gasteiger partial charge on any atom is 0.305 e. The molecule has 1 aromatic carbocycles. The van der Waals surface area contributed by atoms with Gasteiger partial charge in [-0.25, -0.2) is 0 Å². The van der Waals surface area contributed by atoms with Crippen molar-refractivity contribution in [1.82, 2.24) is 15.1 Å². The summed E-state index contributed by atoms with van der Waals surface area (Å²) in [6.45, 7) is 9.38. The van der Waals surface area contributed by atoms with Crippen molar-refractivity contribution in [3.63, 3.8) is 0 Å². The molecule has 1 amide bonds. The van der Waals surface area contributed by atoms with Gasteiger partial charge >= 0.3 is 5.97 Å². The number of nitrogens with zero attached hydrogens (tertiary/aromatic N) is 4. The van der Waals surface area contributed by atoms with E-state index in [2.05, 4.69) is 58.3 Å². The SMILES string of the molecule is Cc1cc(C=NN=C2NC(=O)C(CC(=O)O)S2)c(C)c(CN2CCN(C)CC2)c1. The highest BCUT2D eigenvalue weighted by atomic mass is 32.2. The van der Waals surface area contributed by atoms with Gasteiger partial charge in [0.1, 0.15) is 5.25 Å². The lowest BCUT2D eigenvalue weighted by atomic mass is 9.99. The van der Waals surface area contributed by atoms with E-state index >= 15 is 0 Å². The molecular formula is C20H27N5O3S. The summed E-state index contributed by atoms with van der Waals surface area (Å²) in [6, 6.07) is 4.29. The van der Waals surface area contributed by atoms with E-state index in [0.29, 0.717) is 5.17 Å². The number of piperazine rings is 1. The fourth-order valence-corrected chi connectivity index (χ4v) is 4.31. The quantitative estimate of drug-likeness (QED) is 0.537. The zero-order valence-electron chi connectivity index (χ0n) is 17.0. The van der Waals surface area contributed by atoms with E-state index in [9.17, 15) is 9.59 Å². The van der Waals surface area contributed by atoms with Crippen LogP contribution in [0.3, 0.4) is 0 Å². The van der Waals surface area contributed by atoms with E-state index in [4.69, 9.17) is 5.11 Å². The molecule has 2 heterocycles. The van der Waals surface area contributed by atoms with Gasteiger partial charge in [0, 0.05) is 32.7 Å². The number of carbonyl (C=O) groups is 2. The van der Waals surface area contributed by atoms with Gasteiger partial charge in [0.05, 0.1) is 12.6 Å². The summed E-state index contributed by atoms with van der Waals surface area (Å²) in [5.41, 5.74) is 4.62. The van der Waals surface area contributed by atoms with Gasteiger partial charge in [0.15, 0.2) is 5.17 Å². The van der Waals surface area contributed by atoms with Gasteiger partial charge < -0.3 is 15.3 Å². The van der Waals surface area contributed by atoms with Gasteiger partial charge in [-0.05, 0) is 37.6 Å². The second-order valence-corrected chi connectivity index (χ2v) is 8.75. The first-order valence-corrected chi connectivity index (χ1v) is 10.5. The van der Waals surface area contributed by atoms with Crippen LogP contribution in [0.15, 0.2) is 22.3 Å². The normalized spacial score (nSPS) is 22.5. The van der Waals surface area contributed by atoms with Crippen LogP contribution in [0, 0.1) is 13.8 Å². The predicted octanol–water partition coefficient (Wildman–Crippen LogP) is 1.45. The Labute approximate surface area is 175 Å². The summed E-state index contributed by atoms with van der Waals surface area (Å²) in [5.74, 6) is -1.35. The number of amides is 1. The number of aliphatic carboxylic acids is 1. The highest BCUT2D eigenvalue weighted by Crippen LogP contribution is 2.22. The second-order valence-electron chi connectivity index (χ2n) is 7.56. The van der Waals surface area contributed by atoms with Crippen LogP contribution in [0.1, 0.15) is 28.7 Å². The van der Waals surface area contributed by atoms with Crippen molar-refractivity contribution < 1.29 is 14.7 Å². The Bertz CT molecular complexity index is 847. The van der Waals surface area contributed by atoms with Crippen LogP contribution < -0.4 is 5.32 Å². The number of rotatable bonds is 6. The Morgan fingerprint density at radius 1 is 1.31 bits per heavy atom. The van der Waals surface area contributed by atoms with E-state index in [1.807, 2.05) is 0 Å². The molecule has 9 heteroatoms. The Kier molecular flexibility index (Phi) is 7.05. The Balaban J connectivity index is 1.68. The zero-order chi connectivity index (χ0) is 21.0. The van der Waals surface area contributed by atoms with Crippen molar-refractivity contribution in [2.75, 3.05) is 33.2 Å². The smallest absolute Gasteiger partial charge is 0.305 e. The van der Waals surface area contributed by atoms with Crippen molar-refractivity contribution in [2.24, 2.45) is 10.2 Å². The minimum atomic E-state index is -1.01. The molecule has 29 heavy (non-hydrogen) atoms. The summed E-state index contributed by atoms with van der Waals surface area (Å²) >= 11 is 1.10. The van der Waals surface area contributed by atoms with Crippen LogP contribution in [-0.2, 0) is 16.1 Å². The molecule has 8 nitrogen and oxygen atoms in total. The number of nitrogens with one attached hydrogen (secondary N) is 1. The molecule has 1 aromatic rings. The van der Waals surface area contributed by atoms with E-state index in [1.165, 1.54) is 16.7 Å². The number of carboxylic acids is 1. The number of hydrogen-bond acceptors (Lipinski definition) is 7. The number of carboxylic acid groups (broad SMARTS) is 1. The third kappa shape index (κ3) is 5.88. The predicted molar refractivity (Wildman–Crippen MR) is 115 cm³/mol.